The third-order valence-corrected chi connectivity index (χ3v) is 5.16. The van der Waals surface area contributed by atoms with E-state index in [0.29, 0.717) is 6.04 Å². The van der Waals surface area contributed by atoms with E-state index < -0.39 is 0 Å². The second-order valence-electron chi connectivity index (χ2n) is 7.22. The molecule has 1 aliphatic heterocycles. The van der Waals surface area contributed by atoms with Crippen molar-refractivity contribution in [3.63, 3.8) is 0 Å². The quantitative estimate of drug-likeness (QED) is 0.615. The first kappa shape index (κ1) is 15.6. The molecule has 5 heteroatoms. The van der Waals surface area contributed by atoms with Crippen molar-refractivity contribution < 1.29 is 4.74 Å². The van der Waals surface area contributed by atoms with Crippen LogP contribution in [-0.4, -0.2) is 45.4 Å². The van der Waals surface area contributed by atoms with Crippen LogP contribution in [0.4, 0.5) is 0 Å². The average Bonchev–Trinajstić information content (AvgIpc) is 3.60. The Morgan fingerprint density at radius 2 is 1.81 bits per heavy atom. The van der Waals surface area contributed by atoms with Gasteiger partial charge in [0.1, 0.15) is 18.7 Å². The maximum atomic E-state index is 6.19. The molecular weight excluding hydrogens is 324 g/mol. The van der Waals surface area contributed by atoms with Gasteiger partial charge in [0.15, 0.2) is 5.82 Å². The van der Waals surface area contributed by atoms with Gasteiger partial charge in [0.05, 0.1) is 11.6 Å². The van der Waals surface area contributed by atoms with E-state index in [-0.39, 0.29) is 0 Å². The first-order valence-corrected chi connectivity index (χ1v) is 9.30. The maximum Gasteiger partial charge on any atom is 0.172 e. The minimum Gasteiger partial charge on any atom is -0.491 e. The van der Waals surface area contributed by atoms with Gasteiger partial charge in [-0.3, -0.25) is 9.47 Å². The molecule has 0 bridgehead atoms. The van der Waals surface area contributed by atoms with Crippen LogP contribution >= 0.6 is 0 Å². The Morgan fingerprint density at radius 1 is 1.00 bits per heavy atom. The summed E-state index contributed by atoms with van der Waals surface area (Å²) in [6.45, 7) is 3.15. The molecule has 3 aromatic rings. The minimum atomic E-state index is 0.565. The van der Waals surface area contributed by atoms with Crippen LogP contribution in [0.5, 0.6) is 5.75 Å². The van der Waals surface area contributed by atoms with Crippen LogP contribution in [0, 0.1) is 5.92 Å². The van der Waals surface area contributed by atoms with Crippen molar-refractivity contribution in [3.05, 3.63) is 60.9 Å². The highest BCUT2D eigenvalue weighted by molar-refractivity contribution is 5.65. The molecule has 1 saturated carbocycles. The molecule has 2 atom stereocenters. The first-order chi connectivity index (χ1) is 12.9. The predicted octanol–water partition coefficient (Wildman–Crippen LogP) is 3.41. The van der Waals surface area contributed by atoms with E-state index in [1.54, 1.807) is 6.33 Å². The van der Waals surface area contributed by atoms with Gasteiger partial charge in [-0.2, -0.15) is 0 Å². The molecule has 1 aliphatic carbocycles. The highest BCUT2D eigenvalue weighted by Gasteiger charge is 2.38. The number of rotatable bonds is 7. The summed E-state index contributed by atoms with van der Waals surface area (Å²) < 4.78 is 8.18. The van der Waals surface area contributed by atoms with Gasteiger partial charge in [-0.05, 0) is 43.0 Å². The number of hydrogen-bond donors (Lipinski definition) is 0. The van der Waals surface area contributed by atoms with Crippen LogP contribution in [-0.2, 0) is 0 Å². The third-order valence-electron chi connectivity index (χ3n) is 5.16. The molecule has 0 spiro atoms. The van der Waals surface area contributed by atoms with Crippen LogP contribution in [0.1, 0.15) is 12.8 Å². The molecule has 5 nitrogen and oxygen atoms in total. The molecule has 5 rings (SSSR count). The summed E-state index contributed by atoms with van der Waals surface area (Å²) in [6.07, 6.45) is 4.56. The Kier molecular flexibility index (Phi) is 3.94. The number of ether oxygens (including phenoxy) is 1. The molecule has 2 aliphatic rings. The molecule has 1 aromatic heterocycles. The Bertz CT molecular complexity index is 888. The van der Waals surface area contributed by atoms with Crippen LogP contribution in [0.3, 0.4) is 0 Å². The summed E-state index contributed by atoms with van der Waals surface area (Å²) in [5.74, 6) is 2.62. The van der Waals surface area contributed by atoms with E-state index >= 15 is 0 Å². The van der Waals surface area contributed by atoms with Crippen LogP contribution in [0.15, 0.2) is 60.9 Å². The number of aromatic nitrogens is 3. The molecule has 0 radical (unpaired) electrons. The number of nitrogens with zero attached hydrogens (tertiary/aromatic N) is 4. The third kappa shape index (κ3) is 3.22. The fraction of sp³-hybridized carbons (Fsp3) is 0.333. The lowest BCUT2D eigenvalue weighted by Crippen LogP contribution is -2.13. The van der Waals surface area contributed by atoms with E-state index in [2.05, 4.69) is 27.2 Å². The number of benzene rings is 2. The van der Waals surface area contributed by atoms with Gasteiger partial charge in [-0.25, -0.2) is 0 Å². The highest BCUT2D eigenvalue weighted by Crippen LogP contribution is 2.34. The summed E-state index contributed by atoms with van der Waals surface area (Å²) in [6, 6.07) is 18.8. The summed E-state index contributed by atoms with van der Waals surface area (Å²) >= 11 is 0. The van der Waals surface area contributed by atoms with E-state index in [0.717, 1.165) is 35.3 Å². The van der Waals surface area contributed by atoms with Crippen molar-refractivity contribution in [1.82, 2.24) is 19.7 Å². The van der Waals surface area contributed by atoms with E-state index in [9.17, 15) is 0 Å². The van der Waals surface area contributed by atoms with Crippen LogP contribution < -0.4 is 4.74 Å². The average molecular weight is 346 g/mol. The molecule has 2 unspecified atom stereocenters. The topological polar surface area (TPSA) is 42.9 Å². The standard InChI is InChI=1S/C21H22N4O/c1-2-6-17(7-3-1)25-15-22-23-21(25)19-8-4-5-9-20(19)26-14-18-13-24(18)12-16-10-11-16/h1-9,15-16,18H,10-14H2. The summed E-state index contributed by atoms with van der Waals surface area (Å²) in [4.78, 5) is 2.52. The van der Waals surface area contributed by atoms with Gasteiger partial charge >= 0.3 is 0 Å². The van der Waals surface area contributed by atoms with Gasteiger partial charge in [0.2, 0.25) is 0 Å². The maximum absolute atomic E-state index is 6.19. The van der Waals surface area contributed by atoms with Crippen molar-refractivity contribution in [2.75, 3.05) is 19.7 Å². The zero-order chi connectivity index (χ0) is 17.3. The fourth-order valence-electron chi connectivity index (χ4n) is 3.40. The summed E-state index contributed by atoms with van der Waals surface area (Å²) in [5.41, 5.74) is 2.02. The summed E-state index contributed by atoms with van der Waals surface area (Å²) in [5, 5.41) is 8.48. The largest absolute Gasteiger partial charge is 0.491 e. The monoisotopic (exact) mass is 346 g/mol. The van der Waals surface area contributed by atoms with Crippen molar-refractivity contribution in [3.8, 4) is 22.8 Å². The highest BCUT2D eigenvalue weighted by atomic mass is 16.5. The van der Waals surface area contributed by atoms with E-state index in [1.165, 1.54) is 25.9 Å². The predicted molar refractivity (Wildman–Crippen MR) is 100 cm³/mol. The Balaban J connectivity index is 1.35. The van der Waals surface area contributed by atoms with Gasteiger partial charge in [-0.15, -0.1) is 10.2 Å². The summed E-state index contributed by atoms with van der Waals surface area (Å²) in [7, 11) is 0. The van der Waals surface area contributed by atoms with Gasteiger partial charge in [-0.1, -0.05) is 30.3 Å². The van der Waals surface area contributed by atoms with Gasteiger partial charge in [0.25, 0.3) is 0 Å². The molecule has 132 valence electrons. The van der Waals surface area contributed by atoms with Crippen molar-refractivity contribution in [1.29, 1.82) is 0 Å². The fourth-order valence-corrected chi connectivity index (χ4v) is 3.40. The zero-order valence-electron chi connectivity index (χ0n) is 14.7. The molecule has 2 aromatic carbocycles. The lowest BCUT2D eigenvalue weighted by molar-refractivity contribution is 0.293. The molecule has 26 heavy (non-hydrogen) atoms. The van der Waals surface area contributed by atoms with Crippen molar-refractivity contribution in [2.24, 2.45) is 5.92 Å². The van der Waals surface area contributed by atoms with Crippen LogP contribution in [0.25, 0.3) is 17.1 Å². The second kappa shape index (κ2) is 6.57. The number of hydrogen-bond acceptors (Lipinski definition) is 4. The van der Waals surface area contributed by atoms with Gasteiger partial charge in [0, 0.05) is 18.8 Å². The Morgan fingerprint density at radius 3 is 2.65 bits per heavy atom. The molecule has 2 heterocycles. The first-order valence-electron chi connectivity index (χ1n) is 9.30. The lowest BCUT2D eigenvalue weighted by Gasteiger charge is -2.12. The zero-order valence-corrected chi connectivity index (χ0v) is 14.7. The minimum absolute atomic E-state index is 0.565. The van der Waals surface area contributed by atoms with Crippen molar-refractivity contribution >= 4 is 0 Å². The van der Waals surface area contributed by atoms with Gasteiger partial charge < -0.3 is 4.74 Å². The SMILES string of the molecule is c1ccc(-n2cnnc2-c2ccccc2OCC2CN2CC2CC2)cc1. The molecule has 2 fully saturated rings. The van der Waals surface area contributed by atoms with Crippen molar-refractivity contribution in [2.45, 2.75) is 18.9 Å². The molecular formula is C21H22N4O. The van der Waals surface area contributed by atoms with E-state index in [1.807, 2.05) is 47.0 Å². The lowest BCUT2D eigenvalue weighted by atomic mass is 10.2. The Labute approximate surface area is 153 Å². The number of para-hydroxylation sites is 2. The second-order valence-corrected chi connectivity index (χ2v) is 7.22. The normalized spacial score (nSPS) is 21.5. The molecule has 1 saturated heterocycles. The molecule has 0 N–H and O–H groups in total. The van der Waals surface area contributed by atoms with E-state index in [4.69, 9.17) is 4.74 Å². The Hall–Kier alpha value is -2.66. The van der Waals surface area contributed by atoms with Crippen LogP contribution in [0.2, 0.25) is 0 Å². The smallest absolute Gasteiger partial charge is 0.172 e. The molecule has 0 amide bonds.